The van der Waals surface area contributed by atoms with Crippen molar-refractivity contribution in [1.82, 2.24) is 15.3 Å². The number of methoxy groups -OCH3 is 1. The van der Waals surface area contributed by atoms with Gasteiger partial charge in [0.2, 0.25) is 0 Å². The zero-order valence-electron chi connectivity index (χ0n) is 12.1. The summed E-state index contributed by atoms with van der Waals surface area (Å²) in [6, 6.07) is 9.21. The summed E-state index contributed by atoms with van der Waals surface area (Å²) in [5.41, 5.74) is 1.58. The van der Waals surface area contributed by atoms with Gasteiger partial charge in [0.05, 0.1) is 18.4 Å². The first-order chi connectivity index (χ1) is 10.3. The van der Waals surface area contributed by atoms with E-state index in [1.807, 2.05) is 24.3 Å². The third kappa shape index (κ3) is 2.97. The number of nitrogens with one attached hydrogen (secondary N) is 2. The van der Waals surface area contributed by atoms with Crippen LogP contribution in [0.4, 0.5) is 0 Å². The van der Waals surface area contributed by atoms with E-state index in [9.17, 15) is 4.79 Å². The molecule has 1 saturated heterocycles. The number of hydrogen-bond donors (Lipinski definition) is 2. The number of hydrogen-bond acceptors (Lipinski definition) is 4. The van der Waals surface area contributed by atoms with E-state index in [1.165, 1.54) is 0 Å². The Labute approximate surface area is 123 Å². The van der Waals surface area contributed by atoms with Crippen molar-refractivity contribution < 1.29 is 4.74 Å². The molecule has 0 spiro atoms. The van der Waals surface area contributed by atoms with Gasteiger partial charge in [-0.1, -0.05) is 12.1 Å². The molecule has 2 heterocycles. The monoisotopic (exact) mass is 285 g/mol. The van der Waals surface area contributed by atoms with Gasteiger partial charge >= 0.3 is 0 Å². The lowest BCUT2D eigenvalue weighted by Crippen LogP contribution is -2.28. The second-order valence-electron chi connectivity index (χ2n) is 5.24. The predicted molar refractivity (Wildman–Crippen MR) is 81.7 cm³/mol. The lowest BCUT2D eigenvalue weighted by Gasteiger charge is -2.22. The molecule has 0 bridgehead atoms. The highest BCUT2D eigenvalue weighted by molar-refractivity contribution is 5.63. The molecule has 1 aromatic carbocycles. The molecule has 0 atom stereocenters. The maximum atomic E-state index is 12.0. The molecule has 0 amide bonds. The molecule has 110 valence electrons. The molecule has 0 aliphatic carbocycles. The van der Waals surface area contributed by atoms with E-state index >= 15 is 0 Å². The number of ether oxygens (including phenoxy) is 1. The van der Waals surface area contributed by atoms with Crippen LogP contribution in [0.15, 0.2) is 35.1 Å². The van der Waals surface area contributed by atoms with Gasteiger partial charge in [-0.15, -0.1) is 0 Å². The highest BCUT2D eigenvalue weighted by Gasteiger charge is 2.18. The minimum absolute atomic E-state index is 0.112. The van der Waals surface area contributed by atoms with Crippen molar-refractivity contribution in [2.75, 3.05) is 20.2 Å². The molecule has 21 heavy (non-hydrogen) atoms. The Bertz CT molecular complexity index is 675. The first-order valence-electron chi connectivity index (χ1n) is 7.23. The molecule has 5 nitrogen and oxygen atoms in total. The molecule has 0 saturated carbocycles. The van der Waals surface area contributed by atoms with Gasteiger partial charge in [-0.3, -0.25) is 4.79 Å². The maximum absolute atomic E-state index is 12.0. The van der Waals surface area contributed by atoms with Gasteiger partial charge in [0.15, 0.2) is 0 Å². The molecule has 0 radical (unpaired) electrons. The number of nitrogens with zero attached hydrogens (tertiary/aromatic N) is 1. The van der Waals surface area contributed by atoms with E-state index in [2.05, 4.69) is 15.3 Å². The molecular formula is C16H19N3O2. The van der Waals surface area contributed by atoms with Crippen LogP contribution in [0.2, 0.25) is 0 Å². The first kappa shape index (κ1) is 13.8. The highest BCUT2D eigenvalue weighted by atomic mass is 16.5. The second-order valence-corrected chi connectivity index (χ2v) is 5.24. The van der Waals surface area contributed by atoms with Gasteiger partial charge in [-0.25, -0.2) is 4.98 Å². The Morgan fingerprint density at radius 3 is 2.76 bits per heavy atom. The van der Waals surface area contributed by atoms with Crippen LogP contribution < -0.4 is 15.6 Å². The van der Waals surface area contributed by atoms with E-state index < -0.39 is 0 Å². The van der Waals surface area contributed by atoms with Crippen molar-refractivity contribution in [1.29, 1.82) is 0 Å². The zero-order chi connectivity index (χ0) is 14.7. The van der Waals surface area contributed by atoms with Crippen LogP contribution in [0.3, 0.4) is 0 Å². The van der Waals surface area contributed by atoms with Gasteiger partial charge < -0.3 is 15.0 Å². The molecule has 3 rings (SSSR count). The van der Waals surface area contributed by atoms with Crippen molar-refractivity contribution >= 4 is 0 Å². The molecular weight excluding hydrogens is 266 g/mol. The zero-order valence-corrected chi connectivity index (χ0v) is 12.1. The fourth-order valence-corrected chi connectivity index (χ4v) is 2.77. The van der Waals surface area contributed by atoms with Crippen molar-refractivity contribution in [2.45, 2.75) is 18.8 Å². The van der Waals surface area contributed by atoms with Gasteiger partial charge in [0.25, 0.3) is 5.56 Å². The molecule has 1 fully saturated rings. The van der Waals surface area contributed by atoms with Crippen molar-refractivity contribution in [2.24, 2.45) is 0 Å². The third-order valence-electron chi connectivity index (χ3n) is 3.88. The number of aromatic amines is 1. The summed E-state index contributed by atoms with van der Waals surface area (Å²) in [6.45, 7) is 1.95. The number of rotatable bonds is 3. The summed E-state index contributed by atoms with van der Waals surface area (Å²) in [4.78, 5) is 19.5. The Hall–Kier alpha value is -2.14. The largest absolute Gasteiger partial charge is 0.496 e. The third-order valence-corrected chi connectivity index (χ3v) is 3.88. The Kier molecular flexibility index (Phi) is 4.01. The van der Waals surface area contributed by atoms with Gasteiger partial charge in [0.1, 0.15) is 11.6 Å². The average Bonchev–Trinajstić information content (AvgIpc) is 2.55. The molecule has 2 N–H and O–H groups in total. The van der Waals surface area contributed by atoms with E-state index in [4.69, 9.17) is 4.74 Å². The van der Waals surface area contributed by atoms with Crippen LogP contribution in [-0.2, 0) is 0 Å². The van der Waals surface area contributed by atoms with Crippen LogP contribution in [0.5, 0.6) is 5.75 Å². The summed E-state index contributed by atoms with van der Waals surface area (Å²) in [6.07, 6.45) is 2.03. The highest BCUT2D eigenvalue weighted by Crippen LogP contribution is 2.28. The number of para-hydroxylation sites is 1. The van der Waals surface area contributed by atoms with Crippen LogP contribution >= 0.6 is 0 Å². The van der Waals surface area contributed by atoms with Gasteiger partial charge in [0, 0.05) is 12.0 Å². The summed E-state index contributed by atoms with van der Waals surface area (Å²) in [5, 5.41) is 3.33. The first-order valence-corrected chi connectivity index (χ1v) is 7.23. The number of benzene rings is 1. The topological polar surface area (TPSA) is 67.0 Å². The van der Waals surface area contributed by atoms with Crippen LogP contribution in [-0.4, -0.2) is 30.2 Å². The average molecular weight is 285 g/mol. The van der Waals surface area contributed by atoms with E-state index in [0.29, 0.717) is 17.5 Å². The molecule has 0 unspecified atom stereocenters. The molecule has 1 aliphatic rings. The fourth-order valence-electron chi connectivity index (χ4n) is 2.77. The second kappa shape index (κ2) is 6.10. The van der Waals surface area contributed by atoms with E-state index in [1.54, 1.807) is 13.2 Å². The summed E-state index contributed by atoms with van der Waals surface area (Å²) >= 11 is 0. The van der Waals surface area contributed by atoms with Crippen molar-refractivity contribution in [3.8, 4) is 17.1 Å². The quantitative estimate of drug-likeness (QED) is 0.904. The van der Waals surface area contributed by atoms with Gasteiger partial charge in [-0.2, -0.15) is 0 Å². The summed E-state index contributed by atoms with van der Waals surface area (Å²) in [5.74, 6) is 1.64. The number of H-pyrrole nitrogens is 1. The number of piperidine rings is 1. The van der Waals surface area contributed by atoms with Crippen LogP contribution in [0.25, 0.3) is 11.4 Å². The van der Waals surface area contributed by atoms with E-state index in [-0.39, 0.29) is 5.56 Å². The fraction of sp³-hybridized carbons (Fsp3) is 0.375. The lowest BCUT2D eigenvalue weighted by atomic mass is 9.94. The predicted octanol–water partition coefficient (Wildman–Crippen LogP) is 1.91. The smallest absolute Gasteiger partial charge is 0.251 e. The molecule has 5 heteroatoms. The molecule has 1 aliphatic heterocycles. The summed E-state index contributed by atoms with van der Waals surface area (Å²) < 4.78 is 5.35. The lowest BCUT2D eigenvalue weighted by molar-refractivity contribution is 0.416. The van der Waals surface area contributed by atoms with E-state index in [0.717, 1.165) is 37.2 Å². The minimum Gasteiger partial charge on any atom is -0.496 e. The molecule has 2 aromatic rings. The maximum Gasteiger partial charge on any atom is 0.251 e. The SMILES string of the molecule is COc1ccccc1-c1nc(C2CCNCC2)cc(=O)[nH]1. The Morgan fingerprint density at radius 2 is 2.00 bits per heavy atom. The Morgan fingerprint density at radius 1 is 1.24 bits per heavy atom. The van der Waals surface area contributed by atoms with Gasteiger partial charge in [-0.05, 0) is 38.1 Å². The Balaban J connectivity index is 2.03. The summed E-state index contributed by atoms with van der Waals surface area (Å²) in [7, 11) is 1.62. The van der Waals surface area contributed by atoms with Crippen molar-refractivity contribution in [3.05, 3.63) is 46.4 Å². The normalized spacial score (nSPS) is 15.9. The standard InChI is InChI=1S/C16H19N3O2/c1-21-14-5-3-2-4-12(14)16-18-13(10-15(20)19-16)11-6-8-17-9-7-11/h2-5,10-11,17H,6-9H2,1H3,(H,18,19,20). The molecule has 1 aromatic heterocycles. The number of aromatic nitrogens is 2. The van der Waals surface area contributed by atoms with Crippen LogP contribution in [0.1, 0.15) is 24.5 Å². The van der Waals surface area contributed by atoms with Crippen molar-refractivity contribution in [3.63, 3.8) is 0 Å². The minimum atomic E-state index is -0.112. The van der Waals surface area contributed by atoms with Crippen LogP contribution in [0, 0.1) is 0 Å².